The van der Waals surface area contributed by atoms with E-state index in [4.69, 9.17) is 13.3 Å². The third-order valence-electron chi connectivity index (χ3n) is 10.6. The summed E-state index contributed by atoms with van der Waals surface area (Å²) in [5.41, 5.74) is 3.00. The third kappa shape index (κ3) is 13.2. The molecule has 0 amide bonds. The van der Waals surface area contributed by atoms with Crippen LogP contribution in [-0.2, 0) is 14.5 Å². The number of aliphatic hydroxyl groups excluding tert-OH is 1. The minimum absolute atomic E-state index is 0.00478. The van der Waals surface area contributed by atoms with Crippen molar-refractivity contribution in [1.82, 2.24) is 0 Å². The molecule has 0 aliphatic rings. The molecule has 60 heavy (non-hydrogen) atoms. The highest BCUT2D eigenvalue weighted by Crippen LogP contribution is 2.43. The molecule has 10 heteroatoms. The molecule has 0 fully saturated rings. The van der Waals surface area contributed by atoms with Crippen molar-refractivity contribution in [1.29, 1.82) is 0 Å². The molecule has 2 N–H and O–H groups in total. The van der Waals surface area contributed by atoms with Gasteiger partial charge in [-0.25, -0.2) is 0 Å². The number of aromatic hydroxyl groups is 1. The number of phenolic OH excluding ortho intramolecular Hbond substituents is 1. The quantitative estimate of drug-likeness (QED) is 0.0403. The van der Waals surface area contributed by atoms with E-state index >= 15 is 0 Å². The van der Waals surface area contributed by atoms with Crippen molar-refractivity contribution in [3.8, 4) is 28.4 Å². The minimum atomic E-state index is -4.32. The van der Waals surface area contributed by atoms with Gasteiger partial charge < -0.3 is 23.6 Å². The molecule has 5 aromatic rings. The normalized spacial score (nSPS) is 13.2. The van der Waals surface area contributed by atoms with Gasteiger partial charge in [0.05, 0.1) is 6.61 Å². The van der Waals surface area contributed by atoms with Crippen molar-refractivity contribution in [2.75, 3.05) is 6.61 Å². The standard InChI is InChI=1S/C50H64O7S2Si/c1-8-10-12-13-14-18-25-48(60(6,7)57-50(3,4)5)38-26-32-45(51)44(35-38)49(52)43-24-20-19-23-42(43)37-27-33-46(58-41-30-28-39(29-31-41)55-34-11-9-2)47(36-37)59(53,54)56-40-21-16-15-17-22-40/h15-17,19-24,26-33,35-36,48-49,51-52H,8-14,18,25,34H2,1-7H3. The second-order valence-corrected chi connectivity index (χ2v) is 23.8. The molecule has 0 saturated heterocycles. The first-order chi connectivity index (χ1) is 28.6. The SMILES string of the molecule is CCCCCCCCC(c1ccc(O)c(C(O)c2ccccc2-c2ccc(Sc3ccc(OCCCC)cc3)c(S(=O)(=O)Oc3ccccc3)c2)c1)[Si](C)(C)OC(C)(C)C. The summed E-state index contributed by atoms with van der Waals surface area (Å²) >= 11 is 1.32. The Hall–Kier alpha value is -4.06. The molecule has 7 nitrogen and oxygen atoms in total. The van der Waals surface area contributed by atoms with Gasteiger partial charge in [-0.1, -0.05) is 125 Å². The van der Waals surface area contributed by atoms with E-state index in [9.17, 15) is 18.6 Å². The lowest BCUT2D eigenvalue weighted by Crippen LogP contribution is -2.45. The fourth-order valence-electron chi connectivity index (χ4n) is 7.75. The molecule has 2 atom stereocenters. The number of ether oxygens (including phenoxy) is 1. The number of phenols is 1. The Labute approximate surface area is 364 Å². The number of aliphatic hydroxyl groups is 1. The van der Waals surface area contributed by atoms with Gasteiger partial charge in [0, 0.05) is 26.5 Å². The molecule has 0 saturated carbocycles. The Bertz CT molecular complexity index is 2220. The van der Waals surface area contributed by atoms with Crippen LogP contribution in [-0.4, -0.2) is 39.2 Å². The number of rotatable bonds is 22. The lowest BCUT2D eigenvalue weighted by Gasteiger charge is -2.39. The average Bonchev–Trinajstić information content (AvgIpc) is 3.21. The summed E-state index contributed by atoms with van der Waals surface area (Å²) in [5, 5.41) is 23.6. The maximum absolute atomic E-state index is 14.1. The fourth-order valence-corrected chi connectivity index (χ4v) is 13.6. The topological polar surface area (TPSA) is 102 Å². The first-order valence-corrected chi connectivity index (χ1v) is 26.7. The van der Waals surface area contributed by atoms with E-state index in [1.807, 2.05) is 66.7 Å². The summed E-state index contributed by atoms with van der Waals surface area (Å²) in [5.74, 6) is 0.948. The van der Waals surface area contributed by atoms with Gasteiger partial charge in [-0.15, -0.1) is 0 Å². The zero-order valence-electron chi connectivity index (χ0n) is 36.4. The monoisotopic (exact) mass is 868 g/mol. The molecule has 0 aliphatic heterocycles. The van der Waals surface area contributed by atoms with Crippen LogP contribution in [0.4, 0.5) is 0 Å². The number of hydrogen-bond donors (Lipinski definition) is 2. The molecule has 2 unspecified atom stereocenters. The zero-order chi connectivity index (χ0) is 43.3. The van der Waals surface area contributed by atoms with Crippen molar-refractivity contribution >= 4 is 30.2 Å². The van der Waals surface area contributed by atoms with Crippen LogP contribution in [0.25, 0.3) is 11.1 Å². The van der Waals surface area contributed by atoms with Crippen LogP contribution in [0.15, 0.2) is 130 Å². The Morgan fingerprint density at radius 3 is 2.08 bits per heavy atom. The average molecular weight is 869 g/mol. The van der Waals surface area contributed by atoms with Gasteiger partial charge in [-0.3, -0.25) is 0 Å². The van der Waals surface area contributed by atoms with E-state index in [2.05, 4.69) is 47.7 Å². The molecular formula is C50H64O7S2Si. The lowest BCUT2D eigenvalue weighted by atomic mass is 9.91. The third-order valence-corrected chi connectivity index (χ3v) is 16.5. The summed E-state index contributed by atoms with van der Waals surface area (Å²) < 4.78 is 46.7. The van der Waals surface area contributed by atoms with Crippen LogP contribution in [0.5, 0.6) is 17.2 Å². The highest BCUT2D eigenvalue weighted by Gasteiger charge is 2.38. The van der Waals surface area contributed by atoms with Gasteiger partial charge in [-0.05, 0) is 130 Å². The lowest BCUT2D eigenvalue weighted by molar-refractivity contribution is 0.116. The van der Waals surface area contributed by atoms with Crippen LogP contribution in [0.3, 0.4) is 0 Å². The molecule has 322 valence electrons. The van der Waals surface area contributed by atoms with Gasteiger partial charge in [0.15, 0.2) is 8.32 Å². The summed E-state index contributed by atoms with van der Waals surface area (Å²) in [6.45, 7) is 15.8. The second-order valence-electron chi connectivity index (χ2n) is 17.0. The summed E-state index contributed by atoms with van der Waals surface area (Å²) in [7, 11) is -6.66. The van der Waals surface area contributed by atoms with Crippen molar-refractivity contribution in [2.45, 2.75) is 137 Å². The summed E-state index contributed by atoms with van der Waals surface area (Å²) in [6.07, 6.45) is 8.90. The van der Waals surface area contributed by atoms with Crippen molar-refractivity contribution < 1.29 is 32.0 Å². The van der Waals surface area contributed by atoms with E-state index in [0.717, 1.165) is 48.3 Å². The largest absolute Gasteiger partial charge is 0.508 e. The van der Waals surface area contributed by atoms with Crippen molar-refractivity contribution in [2.24, 2.45) is 0 Å². The van der Waals surface area contributed by atoms with Crippen LogP contribution in [0, 0.1) is 0 Å². The van der Waals surface area contributed by atoms with E-state index < -0.39 is 24.5 Å². The smallest absolute Gasteiger partial charge is 0.340 e. The van der Waals surface area contributed by atoms with Crippen molar-refractivity contribution in [3.63, 3.8) is 0 Å². The molecule has 0 heterocycles. The van der Waals surface area contributed by atoms with Gasteiger partial charge >= 0.3 is 10.1 Å². The Balaban J connectivity index is 1.52. The first kappa shape index (κ1) is 47.0. The molecule has 0 radical (unpaired) electrons. The summed E-state index contributed by atoms with van der Waals surface area (Å²) in [4.78, 5) is 1.31. The predicted octanol–water partition coefficient (Wildman–Crippen LogP) is 13.6. The maximum atomic E-state index is 14.1. The van der Waals surface area contributed by atoms with Gasteiger partial charge in [0.1, 0.15) is 28.2 Å². The van der Waals surface area contributed by atoms with Crippen molar-refractivity contribution in [3.05, 3.63) is 132 Å². The van der Waals surface area contributed by atoms with E-state index in [1.54, 1.807) is 48.5 Å². The van der Waals surface area contributed by atoms with Crippen LogP contribution in [0.2, 0.25) is 13.1 Å². The Morgan fingerprint density at radius 2 is 1.38 bits per heavy atom. The fraction of sp³-hybridized carbons (Fsp3) is 0.400. The maximum Gasteiger partial charge on any atom is 0.340 e. The number of hydrogen-bond acceptors (Lipinski definition) is 8. The highest BCUT2D eigenvalue weighted by molar-refractivity contribution is 8.00. The predicted molar refractivity (Wildman–Crippen MR) is 248 cm³/mol. The van der Waals surface area contributed by atoms with Crippen LogP contribution >= 0.6 is 11.8 Å². The number of para-hydroxylation sites is 1. The zero-order valence-corrected chi connectivity index (χ0v) is 39.1. The first-order valence-electron chi connectivity index (χ1n) is 21.5. The van der Waals surface area contributed by atoms with Gasteiger partial charge in [-0.2, -0.15) is 8.42 Å². The molecule has 0 spiro atoms. The van der Waals surface area contributed by atoms with E-state index in [1.165, 1.54) is 37.4 Å². The minimum Gasteiger partial charge on any atom is -0.508 e. The summed E-state index contributed by atoms with van der Waals surface area (Å²) in [6, 6.07) is 34.3. The Morgan fingerprint density at radius 1 is 0.717 bits per heavy atom. The molecule has 5 aromatic carbocycles. The van der Waals surface area contributed by atoms with Gasteiger partial charge in [0.2, 0.25) is 0 Å². The molecule has 0 aliphatic carbocycles. The Kier molecular flexibility index (Phi) is 16.9. The number of benzene rings is 5. The highest BCUT2D eigenvalue weighted by atomic mass is 32.2. The van der Waals surface area contributed by atoms with Gasteiger partial charge in [0.25, 0.3) is 0 Å². The van der Waals surface area contributed by atoms with E-state index in [-0.39, 0.29) is 27.5 Å². The van der Waals surface area contributed by atoms with E-state index in [0.29, 0.717) is 33.8 Å². The second kappa shape index (κ2) is 21.6. The number of unbranched alkanes of at least 4 members (excludes halogenated alkanes) is 6. The van der Waals surface area contributed by atoms with Crippen LogP contribution in [0.1, 0.15) is 121 Å². The molecular weight excluding hydrogens is 805 g/mol. The molecule has 0 bridgehead atoms. The molecule has 0 aromatic heterocycles. The molecule has 5 rings (SSSR count). The van der Waals surface area contributed by atoms with Crippen LogP contribution < -0.4 is 8.92 Å².